The Morgan fingerprint density at radius 1 is 1.36 bits per heavy atom. The first-order chi connectivity index (χ1) is 13.5. The van der Waals surface area contributed by atoms with Crippen LogP contribution in [-0.2, 0) is 6.61 Å². The van der Waals surface area contributed by atoms with E-state index < -0.39 is 0 Å². The van der Waals surface area contributed by atoms with Crippen LogP contribution in [0.3, 0.4) is 0 Å². The molecule has 1 aromatic carbocycles. The molecule has 1 atom stereocenters. The lowest BCUT2D eigenvalue weighted by atomic mass is 10.1. The Bertz CT molecular complexity index is 802. The number of rotatable bonds is 8. The van der Waals surface area contributed by atoms with Crippen molar-refractivity contribution >= 4 is 11.7 Å². The maximum Gasteiger partial charge on any atom is 0.273 e. The molecule has 0 unspecified atom stereocenters. The molecule has 0 aliphatic carbocycles. The number of nitrogens with zero attached hydrogens (tertiary/aromatic N) is 2. The molecule has 0 saturated carbocycles. The maximum atomic E-state index is 12.2. The minimum Gasteiger partial charge on any atom is -0.486 e. The third-order valence-corrected chi connectivity index (χ3v) is 4.63. The number of hydrogen-bond donors (Lipinski definition) is 2. The molecule has 2 aromatic rings. The van der Waals surface area contributed by atoms with Gasteiger partial charge in [0.25, 0.3) is 5.91 Å². The number of amides is 1. The van der Waals surface area contributed by atoms with Crippen LogP contribution in [0.4, 0.5) is 0 Å². The van der Waals surface area contributed by atoms with Gasteiger partial charge < -0.3 is 19.7 Å². The Morgan fingerprint density at radius 3 is 2.86 bits per heavy atom. The predicted octanol–water partition coefficient (Wildman–Crippen LogP) is 1.64. The first-order valence-corrected chi connectivity index (χ1v) is 9.39. The van der Waals surface area contributed by atoms with Crippen LogP contribution < -0.4 is 10.1 Å². The molecule has 1 aromatic heterocycles. The summed E-state index contributed by atoms with van der Waals surface area (Å²) in [5.74, 6) is 0.711. The van der Waals surface area contributed by atoms with Crippen molar-refractivity contribution in [2.75, 3.05) is 26.2 Å². The summed E-state index contributed by atoms with van der Waals surface area (Å²) in [7, 11) is 0. The molecule has 8 heteroatoms. The van der Waals surface area contributed by atoms with Crippen molar-refractivity contribution in [3.8, 4) is 5.75 Å². The highest BCUT2D eigenvalue weighted by atomic mass is 16.5. The van der Waals surface area contributed by atoms with Crippen molar-refractivity contribution in [2.45, 2.75) is 32.5 Å². The molecule has 1 amide bonds. The number of ether oxygens (including phenoxy) is 1. The molecule has 2 heterocycles. The second kappa shape index (κ2) is 9.48. The lowest BCUT2D eigenvalue weighted by molar-refractivity contribution is 0.0702. The average Bonchev–Trinajstić information content (AvgIpc) is 3.16. The van der Waals surface area contributed by atoms with E-state index in [1.165, 1.54) is 6.92 Å². The van der Waals surface area contributed by atoms with E-state index >= 15 is 0 Å². The van der Waals surface area contributed by atoms with E-state index in [1.807, 2.05) is 0 Å². The van der Waals surface area contributed by atoms with Crippen molar-refractivity contribution < 1.29 is 24.0 Å². The Morgan fingerprint density at radius 2 is 2.14 bits per heavy atom. The smallest absolute Gasteiger partial charge is 0.273 e. The molecule has 1 aliphatic rings. The van der Waals surface area contributed by atoms with E-state index in [0.717, 1.165) is 19.4 Å². The molecule has 8 nitrogen and oxygen atoms in total. The van der Waals surface area contributed by atoms with Gasteiger partial charge in [0.1, 0.15) is 12.4 Å². The lowest BCUT2D eigenvalue weighted by Crippen LogP contribution is -2.42. The average molecular weight is 387 g/mol. The normalized spacial score (nSPS) is 17.3. The fourth-order valence-corrected chi connectivity index (χ4v) is 3.08. The van der Waals surface area contributed by atoms with Gasteiger partial charge >= 0.3 is 0 Å². The SMILES string of the molecule is CC(=O)c1ccc(OCc2cc(C(=O)NCCN3CCC[C@H](O)C3)no2)cc1. The quantitative estimate of drug-likeness (QED) is 0.664. The van der Waals surface area contributed by atoms with Gasteiger partial charge in [-0.3, -0.25) is 14.5 Å². The fraction of sp³-hybridized carbons (Fsp3) is 0.450. The second-order valence-corrected chi connectivity index (χ2v) is 6.90. The predicted molar refractivity (Wildman–Crippen MR) is 101 cm³/mol. The van der Waals surface area contributed by atoms with Crippen LogP contribution in [0.5, 0.6) is 5.75 Å². The third kappa shape index (κ3) is 5.64. The van der Waals surface area contributed by atoms with Crippen molar-refractivity contribution in [2.24, 2.45) is 0 Å². The number of carbonyl (C=O) groups excluding carboxylic acids is 2. The Hall–Kier alpha value is -2.71. The zero-order valence-corrected chi connectivity index (χ0v) is 15.9. The van der Waals surface area contributed by atoms with Gasteiger partial charge in [0.2, 0.25) is 0 Å². The fourth-order valence-electron chi connectivity index (χ4n) is 3.08. The topological polar surface area (TPSA) is 105 Å². The lowest BCUT2D eigenvalue weighted by Gasteiger charge is -2.29. The summed E-state index contributed by atoms with van der Waals surface area (Å²) in [6.07, 6.45) is 1.54. The number of carbonyl (C=O) groups is 2. The first kappa shape index (κ1) is 20.0. The Kier molecular flexibility index (Phi) is 6.78. The highest BCUT2D eigenvalue weighted by molar-refractivity contribution is 5.94. The molecule has 1 fully saturated rings. The van der Waals surface area contributed by atoms with Crippen LogP contribution >= 0.6 is 0 Å². The third-order valence-electron chi connectivity index (χ3n) is 4.63. The number of benzene rings is 1. The maximum absolute atomic E-state index is 12.2. The summed E-state index contributed by atoms with van der Waals surface area (Å²) in [6.45, 7) is 4.39. The number of β-amino-alcohol motifs (C(OH)–C–C–N with tert-alkyl or cyclic N) is 1. The molecule has 0 radical (unpaired) electrons. The van der Waals surface area contributed by atoms with Gasteiger partial charge in [0.05, 0.1) is 6.10 Å². The first-order valence-electron chi connectivity index (χ1n) is 9.39. The molecular formula is C20H25N3O5. The zero-order chi connectivity index (χ0) is 19.9. The van der Waals surface area contributed by atoms with Crippen LogP contribution in [0.15, 0.2) is 34.9 Å². The zero-order valence-electron chi connectivity index (χ0n) is 15.9. The van der Waals surface area contributed by atoms with Crippen LogP contribution in [0.2, 0.25) is 0 Å². The van der Waals surface area contributed by atoms with Crippen LogP contribution in [0.25, 0.3) is 0 Å². The van der Waals surface area contributed by atoms with E-state index in [0.29, 0.717) is 36.7 Å². The minimum atomic E-state index is -0.307. The van der Waals surface area contributed by atoms with Crippen molar-refractivity contribution in [1.29, 1.82) is 0 Å². The molecule has 0 spiro atoms. The van der Waals surface area contributed by atoms with Gasteiger partial charge in [-0.1, -0.05) is 5.16 Å². The van der Waals surface area contributed by atoms with Gasteiger partial charge in [-0.25, -0.2) is 0 Å². The highest BCUT2D eigenvalue weighted by Crippen LogP contribution is 2.15. The number of aromatic nitrogens is 1. The Labute approximate surface area is 163 Å². The number of likely N-dealkylation sites (tertiary alicyclic amines) is 1. The number of piperidine rings is 1. The van der Waals surface area contributed by atoms with Crippen molar-refractivity contribution in [3.05, 3.63) is 47.3 Å². The van der Waals surface area contributed by atoms with Crippen molar-refractivity contribution in [1.82, 2.24) is 15.4 Å². The molecular weight excluding hydrogens is 362 g/mol. The van der Waals surface area contributed by atoms with Crippen LogP contribution in [0.1, 0.15) is 46.4 Å². The molecule has 1 aliphatic heterocycles. The highest BCUT2D eigenvalue weighted by Gasteiger charge is 2.18. The largest absolute Gasteiger partial charge is 0.486 e. The Balaban J connectivity index is 1.42. The number of nitrogens with one attached hydrogen (secondary N) is 1. The molecule has 2 N–H and O–H groups in total. The molecule has 3 rings (SSSR count). The molecule has 28 heavy (non-hydrogen) atoms. The molecule has 1 saturated heterocycles. The van der Waals surface area contributed by atoms with Crippen LogP contribution in [-0.4, -0.2) is 59.1 Å². The summed E-state index contributed by atoms with van der Waals surface area (Å²) >= 11 is 0. The van der Waals surface area contributed by atoms with Gasteiger partial charge in [0.15, 0.2) is 17.2 Å². The second-order valence-electron chi connectivity index (χ2n) is 6.90. The van der Waals surface area contributed by atoms with Gasteiger partial charge in [0, 0.05) is 31.3 Å². The summed E-state index contributed by atoms with van der Waals surface area (Å²) in [4.78, 5) is 25.6. The molecule has 150 valence electrons. The van der Waals surface area contributed by atoms with Gasteiger partial charge in [-0.15, -0.1) is 0 Å². The van der Waals surface area contributed by atoms with Gasteiger partial charge in [-0.05, 0) is 50.6 Å². The van der Waals surface area contributed by atoms with E-state index in [2.05, 4.69) is 15.4 Å². The monoisotopic (exact) mass is 387 g/mol. The summed E-state index contributed by atoms with van der Waals surface area (Å²) in [5.41, 5.74) is 0.814. The number of Topliss-reactive ketones (excluding diaryl/α,β-unsaturated/α-hetero) is 1. The summed E-state index contributed by atoms with van der Waals surface area (Å²) in [6, 6.07) is 8.34. The number of aliphatic hydroxyl groups excluding tert-OH is 1. The number of ketones is 1. The standard InChI is InChI=1S/C20H25N3O5/c1-14(24)15-4-6-17(7-5-15)27-13-18-11-19(22-28-18)20(26)21-8-10-23-9-2-3-16(25)12-23/h4-7,11,16,25H,2-3,8-10,12-13H2,1H3,(H,21,26)/t16-/m0/s1. The summed E-state index contributed by atoms with van der Waals surface area (Å²) in [5, 5.41) is 16.2. The van der Waals surface area contributed by atoms with E-state index in [4.69, 9.17) is 9.26 Å². The van der Waals surface area contributed by atoms with Gasteiger partial charge in [-0.2, -0.15) is 0 Å². The van der Waals surface area contributed by atoms with Crippen molar-refractivity contribution in [3.63, 3.8) is 0 Å². The van der Waals surface area contributed by atoms with E-state index in [9.17, 15) is 14.7 Å². The van der Waals surface area contributed by atoms with E-state index in [1.54, 1.807) is 30.3 Å². The van der Waals surface area contributed by atoms with E-state index in [-0.39, 0.29) is 30.1 Å². The van der Waals surface area contributed by atoms with Crippen LogP contribution in [0, 0.1) is 0 Å². The number of aliphatic hydroxyl groups is 1. The number of hydrogen-bond acceptors (Lipinski definition) is 7. The minimum absolute atomic E-state index is 0.00564. The summed E-state index contributed by atoms with van der Waals surface area (Å²) < 4.78 is 10.7. The molecule has 0 bridgehead atoms.